The molecule has 0 radical (unpaired) electrons. The average Bonchev–Trinajstić information content (AvgIpc) is 2.38. The first-order valence-corrected chi connectivity index (χ1v) is 6.16. The zero-order valence-electron chi connectivity index (χ0n) is 9.93. The monoisotopic (exact) mass is 269 g/mol. The van der Waals surface area contributed by atoms with E-state index in [-0.39, 0.29) is 6.10 Å². The van der Waals surface area contributed by atoms with Gasteiger partial charge in [0.2, 0.25) is 0 Å². The predicted octanol–water partition coefficient (Wildman–Crippen LogP) is 0.603. The number of nitrogens with zero attached hydrogens (tertiary/aromatic N) is 1. The molecule has 1 amide bonds. The van der Waals surface area contributed by atoms with Gasteiger partial charge in [-0.2, -0.15) is 0 Å². The molecular weight excluding hydrogens is 254 g/mol. The quantitative estimate of drug-likeness (QED) is 0.842. The van der Waals surface area contributed by atoms with Crippen LogP contribution in [0, 0.1) is 0 Å². The van der Waals surface area contributed by atoms with Gasteiger partial charge in [-0.05, 0) is 12.1 Å². The molecule has 6 heteroatoms. The van der Waals surface area contributed by atoms with Crippen LogP contribution in [0.2, 0.25) is 5.02 Å². The molecule has 1 atom stereocenters. The molecule has 1 aromatic carbocycles. The van der Waals surface area contributed by atoms with E-state index in [1.54, 1.807) is 12.1 Å². The molecule has 1 aromatic rings. The fraction of sp³-hybridized carbons (Fsp3) is 0.417. The van der Waals surface area contributed by atoms with Crippen LogP contribution in [0.4, 0.5) is 5.69 Å². The number of primary amides is 1. The summed E-state index contributed by atoms with van der Waals surface area (Å²) in [5, 5.41) is 0.371. The van der Waals surface area contributed by atoms with Crippen LogP contribution in [-0.4, -0.2) is 38.3 Å². The highest BCUT2D eigenvalue weighted by atomic mass is 35.5. The summed E-state index contributed by atoms with van der Waals surface area (Å²) in [6.07, 6.45) is -0.0292. The maximum Gasteiger partial charge on any atom is 0.252 e. The van der Waals surface area contributed by atoms with Crippen LogP contribution in [0.5, 0.6) is 0 Å². The molecule has 1 aliphatic heterocycles. The van der Waals surface area contributed by atoms with E-state index in [1.807, 2.05) is 11.0 Å². The molecule has 98 valence electrons. The fourth-order valence-corrected chi connectivity index (χ4v) is 2.36. The van der Waals surface area contributed by atoms with E-state index in [0.717, 1.165) is 5.69 Å². The van der Waals surface area contributed by atoms with Gasteiger partial charge >= 0.3 is 0 Å². The normalized spacial score (nSPS) is 19.9. The summed E-state index contributed by atoms with van der Waals surface area (Å²) >= 11 is 6.03. The molecular formula is C12H16ClN3O2. The SMILES string of the molecule is NCC1CN(c2cccc(Cl)c2C(N)=O)CCO1. The number of carbonyl (C=O) groups is 1. The van der Waals surface area contributed by atoms with Crippen molar-refractivity contribution in [3.8, 4) is 0 Å². The second-order valence-electron chi connectivity index (χ2n) is 4.17. The zero-order chi connectivity index (χ0) is 13.1. The second-order valence-corrected chi connectivity index (χ2v) is 4.58. The third-order valence-electron chi connectivity index (χ3n) is 2.98. The summed E-state index contributed by atoms with van der Waals surface area (Å²) in [6, 6.07) is 5.30. The fourth-order valence-electron chi connectivity index (χ4n) is 2.10. The molecule has 0 aromatic heterocycles. The number of hydrogen-bond acceptors (Lipinski definition) is 4. The number of hydrogen-bond donors (Lipinski definition) is 2. The Hall–Kier alpha value is -1.30. The molecule has 1 unspecified atom stereocenters. The average molecular weight is 270 g/mol. The lowest BCUT2D eigenvalue weighted by Crippen LogP contribution is -2.46. The third-order valence-corrected chi connectivity index (χ3v) is 3.30. The summed E-state index contributed by atoms with van der Waals surface area (Å²) < 4.78 is 5.49. The molecule has 1 aliphatic rings. The van der Waals surface area contributed by atoms with Crippen molar-refractivity contribution >= 4 is 23.2 Å². The minimum Gasteiger partial charge on any atom is -0.373 e. The van der Waals surface area contributed by atoms with E-state index < -0.39 is 5.91 Å². The number of benzene rings is 1. The summed E-state index contributed by atoms with van der Waals surface area (Å²) in [4.78, 5) is 13.5. The van der Waals surface area contributed by atoms with Crippen molar-refractivity contribution < 1.29 is 9.53 Å². The van der Waals surface area contributed by atoms with Crippen LogP contribution in [-0.2, 0) is 4.74 Å². The first-order valence-electron chi connectivity index (χ1n) is 5.78. The zero-order valence-corrected chi connectivity index (χ0v) is 10.7. The topological polar surface area (TPSA) is 81.6 Å². The molecule has 0 bridgehead atoms. The highest BCUT2D eigenvalue weighted by molar-refractivity contribution is 6.34. The van der Waals surface area contributed by atoms with E-state index >= 15 is 0 Å². The molecule has 1 fully saturated rings. The molecule has 2 rings (SSSR count). The Morgan fingerprint density at radius 1 is 1.56 bits per heavy atom. The van der Waals surface area contributed by atoms with Gasteiger partial charge in [0.05, 0.1) is 29.0 Å². The largest absolute Gasteiger partial charge is 0.373 e. The van der Waals surface area contributed by atoms with E-state index in [0.29, 0.717) is 36.8 Å². The van der Waals surface area contributed by atoms with Gasteiger partial charge in [-0.1, -0.05) is 17.7 Å². The van der Waals surface area contributed by atoms with E-state index in [9.17, 15) is 4.79 Å². The van der Waals surface area contributed by atoms with Crippen LogP contribution >= 0.6 is 11.6 Å². The minimum atomic E-state index is -0.522. The first-order chi connectivity index (χ1) is 8.63. The first kappa shape index (κ1) is 13.1. The highest BCUT2D eigenvalue weighted by Gasteiger charge is 2.23. The molecule has 5 nitrogen and oxygen atoms in total. The van der Waals surface area contributed by atoms with Crippen LogP contribution in [0.1, 0.15) is 10.4 Å². The Kier molecular flexibility index (Phi) is 4.06. The maximum absolute atomic E-state index is 11.5. The summed E-state index contributed by atoms with van der Waals surface area (Å²) in [7, 11) is 0. The lowest BCUT2D eigenvalue weighted by molar-refractivity contribution is 0.0465. The molecule has 0 aliphatic carbocycles. The van der Waals surface area contributed by atoms with Crippen molar-refractivity contribution in [2.75, 3.05) is 31.1 Å². The molecule has 18 heavy (non-hydrogen) atoms. The van der Waals surface area contributed by atoms with Crippen molar-refractivity contribution in [2.45, 2.75) is 6.10 Å². The third kappa shape index (κ3) is 2.58. The minimum absolute atomic E-state index is 0.0292. The van der Waals surface area contributed by atoms with Gasteiger partial charge in [0.1, 0.15) is 0 Å². The van der Waals surface area contributed by atoms with E-state index in [1.165, 1.54) is 0 Å². The maximum atomic E-state index is 11.5. The Balaban J connectivity index is 2.32. The number of amides is 1. The Morgan fingerprint density at radius 2 is 2.33 bits per heavy atom. The van der Waals surface area contributed by atoms with Gasteiger partial charge in [0.15, 0.2) is 0 Å². The van der Waals surface area contributed by atoms with Gasteiger partial charge in [0.25, 0.3) is 5.91 Å². The lowest BCUT2D eigenvalue weighted by Gasteiger charge is -2.35. The second kappa shape index (κ2) is 5.56. The number of morpholine rings is 1. The summed E-state index contributed by atoms with van der Waals surface area (Å²) in [5.41, 5.74) is 12.1. The number of anilines is 1. The highest BCUT2D eigenvalue weighted by Crippen LogP contribution is 2.28. The molecule has 0 saturated carbocycles. The van der Waals surface area contributed by atoms with Crippen LogP contribution in [0.3, 0.4) is 0 Å². The molecule has 0 spiro atoms. The summed E-state index contributed by atoms with van der Waals surface area (Å²) in [6.45, 7) is 2.35. The van der Waals surface area contributed by atoms with Gasteiger partial charge in [0, 0.05) is 19.6 Å². The van der Waals surface area contributed by atoms with Crippen molar-refractivity contribution in [1.29, 1.82) is 0 Å². The van der Waals surface area contributed by atoms with Crippen molar-refractivity contribution in [1.82, 2.24) is 0 Å². The van der Waals surface area contributed by atoms with Crippen molar-refractivity contribution in [2.24, 2.45) is 11.5 Å². The smallest absolute Gasteiger partial charge is 0.252 e. The Labute approximate surface area is 111 Å². The molecule has 1 saturated heterocycles. The predicted molar refractivity (Wildman–Crippen MR) is 71.0 cm³/mol. The van der Waals surface area contributed by atoms with Gasteiger partial charge in [-0.3, -0.25) is 4.79 Å². The molecule has 1 heterocycles. The van der Waals surface area contributed by atoms with E-state index in [4.69, 9.17) is 27.8 Å². The van der Waals surface area contributed by atoms with E-state index in [2.05, 4.69) is 0 Å². The van der Waals surface area contributed by atoms with Crippen LogP contribution < -0.4 is 16.4 Å². The number of carbonyl (C=O) groups excluding carboxylic acids is 1. The number of ether oxygens (including phenoxy) is 1. The van der Waals surface area contributed by atoms with Gasteiger partial charge < -0.3 is 21.1 Å². The Bertz CT molecular complexity index is 453. The number of rotatable bonds is 3. The van der Waals surface area contributed by atoms with Crippen LogP contribution in [0.15, 0.2) is 18.2 Å². The van der Waals surface area contributed by atoms with Crippen molar-refractivity contribution in [3.63, 3.8) is 0 Å². The van der Waals surface area contributed by atoms with Crippen LogP contribution in [0.25, 0.3) is 0 Å². The lowest BCUT2D eigenvalue weighted by atomic mass is 10.1. The standard InChI is InChI=1S/C12H16ClN3O2/c13-9-2-1-3-10(11(9)12(15)17)16-4-5-18-8(6-14)7-16/h1-3,8H,4-7,14H2,(H2,15,17). The van der Waals surface area contributed by atoms with Gasteiger partial charge in [-0.25, -0.2) is 0 Å². The molecule has 4 N–H and O–H groups in total. The Morgan fingerprint density at radius 3 is 3.00 bits per heavy atom. The van der Waals surface area contributed by atoms with Crippen molar-refractivity contribution in [3.05, 3.63) is 28.8 Å². The van der Waals surface area contributed by atoms with Gasteiger partial charge in [-0.15, -0.1) is 0 Å². The summed E-state index contributed by atoms with van der Waals surface area (Å²) in [5.74, 6) is -0.522. The number of halogens is 1. The number of nitrogens with two attached hydrogens (primary N) is 2.